The van der Waals surface area contributed by atoms with Crippen molar-refractivity contribution in [2.24, 2.45) is 5.11 Å². The van der Waals surface area contributed by atoms with Crippen molar-refractivity contribution in [1.82, 2.24) is 0 Å². The summed E-state index contributed by atoms with van der Waals surface area (Å²) in [5.74, 6) is 0.0133. The second-order valence-corrected chi connectivity index (χ2v) is 9.55. The fraction of sp³-hybridized carbons (Fsp3) is 0.381. The summed E-state index contributed by atoms with van der Waals surface area (Å²) in [6.45, 7) is 1.56. The van der Waals surface area contributed by atoms with Gasteiger partial charge in [-0.25, -0.2) is 0 Å². The number of aliphatic hydroxyl groups excluding tert-OH is 1. The number of ether oxygens (including phenoxy) is 4. The van der Waals surface area contributed by atoms with Crippen molar-refractivity contribution in [3.8, 4) is 5.75 Å². The van der Waals surface area contributed by atoms with Crippen LogP contribution < -0.4 is 9.20 Å². The van der Waals surface area contributed by atoms with Gasteiger partial charge in [-0.15, -0.1) is 0 Å². The first kappa shape index (κ1) is 21.8. The van der Waals surface area contributed by atoms with Gasteiger partial charge < -0.3 is 0 Å². The zero-order valence-electron chi connectivity index (χ0n) is 16.6. The molecule has 2 aliphatic heterocycles. The van der Waals surface area contributed by atoms with Gasteiger partial charge in [0, 0.05) is 6.92 Å². The Morgan fingerprint density at radius 1 is 1.19 bits per heavy atom. The van der Waals surface area contributed by atoms with Crippen LogP contribution in [-0.4, -0.2) is 62.0 Å². The van der Waals surface area contributed by atoms with Gasteiger partial charge in [-0.1, -0.05) is 0 Å². The number of fused-ring (bicyclic) bond motifs is 1. The maximum absolute atomic E-state index is 11.1. The van der Waals surface area contributed by atoms with Gasteiger partial charge in [0.05, 0.1) is 0 Å². The molecule has 1 N–H and O–H groups in total. The summed E-state index contributed by atoms with van der Waals surface area (Å²) >= 11 is -0.171. The molecule has 0 spiro atoms. The van der Waals surface area contributed by atoms with Gasteiger partial charge in [-0.05, 0) is 0 Å². The molecule has 2 saturated heterocycles. The number of nitrogens with zero attached hydrogens (tertiary/aromatic N) is 3. The third-order valence-electron chi connectivity index (χ3n) is 4.93. The number of azide groups is 1. The third-order valence-corrected chi connectivity index (χ3v) is 7.38. The number of carbonyl (C=O) groups excluding carboxylic acids is 1. The number of hydrogen-bond donors (Lipinski definition) is 1. The topological polar surface area (TPSA) is 123 Å². The number of esters is 1. The zero-order chi connectivity index (χ0) is 21.8. The number of benzene rings is 2. The fourth-order valence-electron chi connectivity index (χ4n) is 3.52. The molecule has 0 amide bonds. The molecule has 6 atom stereocenters. The standard InChI is InChI=1S/C21H21N3O6Se/c1-12(25)28-14-9-7-13(8-10-14)20-27-11-16-19(30-20)18(26)17(23-24-22)21(29-16)31-15-5-3-2-4-6-15/h2-10,16-21,26H,11H2,1H3/t16-,17-,18-,19+,20+,21-/m1/s1. The SMILES string of the molecule is CC(=O)Oc1ccc([C@H]2OC[C@H]3O[C@H]([Se]c4ccccc4)[C@H](N=[N+]=[N-])[C@@H](O)[C@H]3O2)cc1. The molecule has 4 rings (SSSR count). The van der Waals surface area contributed by atoms with Gasteiger partial charge in [0.2, 0.25) is 0 Å². The molecule has 31 heavy (non-hydrogen) atoms. The summed E-state index contributed by atoms with van der Waals surface area (Å²) in [6, 6.07) is 15.7. The molecule has 9 nitrogen and oxygen atoms in total. The van der Waals surface area contributed by atoms with Crippen LogP contribution in [-0.2, 0) is 19.0 Å². The van der Waals surface area contributed by atoms with E-state index in [0.29, 0.717) is 11.3 Å². The molecule has 2 heterocycles. The van der Waals surface area contributed by atoms with E-state index >= 15 is 0 Å². The molecule has 2 aromatic rings. The van der Waals surface area contributed by atoms with E-state index in [1.54, 1.807) is 24.3 Å². The van der Waals surface area contributed by atoms with Gasteiger partial charge in [0.15, 0.2) is 0 Å². The fourth-order valence-corrected chi connectivity index (χ4v) is 5.90. The summed E-state index contributed by atoms with van der Waals surface area (Å²) < 4.78 is 24.1. The van der Waals surface area contributed by atoms with E-state index in [1.807, 2.05) is 30.3 Å². The van der Waals surface area contributed by atoms with Gasteiger partial charge in [-0.3, -0.25) is 4.79 Å². The average molecular weight is 490 g/mol. The van der Waals surface area contributed by atoms with Crippen molar-refractivity contribution < 1.29 is 28.8 Å². The van der Waals surface area contributed by atoms with Crippen molar-refractivity contribution in [2.45, 2.75) is 42.6 Å². The number of carbonyl (C=O) groups is 1. The Labute approximate surface area is 185 Å². The second-order valence-electron chi connectivity index (χ2n) is 7.09. The molecule has 0 aromatic heterocycles. The van der Waals surface area contributed by atoms with Crippen molar-refractivity contribution in [3.05, 3.63) is 70.6 Å². The van der Waals surface area contributed by atoms with Crippen LogP contribution >= 0.6 is 0 Å². The molecule has 0 bridgehead atoms. The first-order chi connectivity index (χ1) is 15.0. The first-order valence-electron chi connectivity index (χ1n) is 9.70. The van der Waals surface area contributed by atoms with Crippen molar-refractivity contribution in [3.63, 3.8) is 0 Å². The molecule has 0 saturated carbocycles. The Morgan fingerprint density at radius 2 is 1.94 bits per heavy atom. The van der Waals surface area contributed by atoms with Crippen molar-refractivity contribution in [1.29, 1.82) is 0 Å². The van der Waals surface area contributed by atoms with E-state index in [9.17, 15) is 9.90 Å². The number of aliphatic hydroxyl groups is 1. The third kappa shape index (κ3) is 5.08. The summed E-state index contributed by atoms with van der Waals surface area (Å²) in [6.07, 6.45) is -2.94. The van der Waals surface area contributed by atoms with Crippen LogP contribution in [0.15, 0.2) is 59.7 Å². The Balaban J connectivity index is 1.48. The molecule has 2 fully saturated rings. The number of hydrogen-bond acceptors (Lipinski definition) is 7. The summed E-state index contributed by atoms with van der Waals surface area (Å²) in [7, 11) is 0. The molecule has 2 aliphatic rings. The Kier molecular flexibility index (Phi) is 6.89. The van der Waals surface area contributed by atoms with E-state index < -0.39 is 41.6 Å². The zero-order valence-corrected chi connectivity index (χ0v) is 18.3. The Bertz CT molecular complexity index is 953. The van der Waals surface area contributed by atoms with Crippen LogP contribution in [0.2, 0.25) is 0 Å². The molecule has 0 radical (unpaired) electrons. The van der Waals surface area contributed by atoms with Crippen LogP contribution in [0.1, 0.15) is 18.8 Å². The first-order valence-corrected chi connectivity index (χ1v) is 11.5. The predicted molar refractivity (Wildman–Crippen MR) is 111 cm³/mol. The van der Waals surface area contributed by atoms with Crippen LogP contribution in [0, 0.1) is 0 Å². The Hall–Kier alpha value is -2.42. The van der Waals surface area contributed by atoms with E-state index in [-0.39, 0.29) is 21.6 Å². The summed E-state index contributed by atoms with van der Waals surface area (Å²) in [4.78, 5) is 14.0. The van der Waals surface area contributed by atoms with Crippen molar-refractivity contribution >= 4 is 25.4 Å². The van der Waals surface area contributed by atoms with Gasteiger partial charge >= 0.3 is 173 Å². The summed E-state index contributed by atoms with van der Waals surface area (Å²) in [5.41, 5.74) is 9.74. The second kappa shape index (κ2) is 9.80. The van der Waals surface area contributed by atoms with Crippen LogP contribution in [0.5, 0.6) is 5.75 Å². The van der Waals surface area contributed by atoms with E-state index in [0.717, 1.165) is 4.46 Å². The molecule has 2 aromatic carbocycles. The van der Waals surface area contributed by atoms with Crippen molar-refractivity contribution in [2.75, 3.05) is 6.61 Å². The van der Waals surface area contributed by atoms with Crippen LogP contribution in [0.3, 0.4) is 0 Å². The van der Waals surface area contributed by atoms with E-state index in [2.05, 4.69) is 10.0 Å². The predicted octanol–water partition coefficient (Wildman–Crippen LogP) is 1.82. The molecule has 0 unspecified atom stereocenters. The van der Waals surface area contributed by atoms with Gasteiger partial charge in [0.1, 0.15) is 0 Å². The van der Waals surface area contributed by atoms with Crippen LogP contribution in [0.4, 0.5) is 0 Å². The quantitative estimate of drug-likeness (QED) is 0.170. The van der Waals surface area contributed by atoms with Gasteiger partial charge in [0.25, 0.3) is 0 Å². The van der Waals surface area contributed by atoms with E-state index in [1.165, 1.54) is 6.92 Å². The average Bonchev–Trinajstić information content (AvgIpc) is 2.77. The monoisotopic (exact) mass is 491 g/mol. The minimum absolute atomic E-state index is 0.171. The van der Waals surface area contributed by atoms with Crippen LogP contribution in [0.25, 0.3) is 10.4 Å². The molecule has 162 valence electrons. The number of rotatable bonds is 5. The normalized spacial score (nSPS) is 30.0. The Morgan fingerprint density at radius 3 is 2.61 bits per heavy atom. The molecular formula is C21H21N3O6Se. The molecule has 10 heteroatoms. The maximum atomic E-state index is 11.1. The minimum atomic E-state index is -1.03. The molecular weight excluding hydrogens is 469 g/mol. The molecule has 0 aliphatic carbocycles. The van der Waals surface area contributed by atoms with E-state index in [4.69, 9.17) is 24.5 Å². The van der Waals surface area contributed by atoms with Gasteiger partial charge in [-0.2, -0.15) is 0 Å². The summed E-state index contributed by atoms with van der Waals surface area (Å²) in [5, 5.41) is 14.4.